The number of amides is 2. The van der Waals surface area contributed by atoms with Gasteiger partial charge in [-0.05, 0) is 36.1 Å². The lowest BCUT2D eigenvalue weighted by Crippen LogP contribution is -2.47. The lowest BCUT2D eigenvalue weighted by molar-refractivity contribution is 0.0295. The van der Waals surface area contributed by atoms with Crippen molar-refractivity contribution in [3.63, 3.8) is 0 Å². The molecule has 0 aliphatic heterocycles. The number of urea groups is 1. The van der Waals surface area contributed by atoms with Crippen LogP contribution < -0.4 is 20.1 Å². The van der Waals surface area contributed by atoms with E-state index >= 15 is 0 Å². The van der Waals surface area contributed by atoms with Gasteiger partial charge in [-0.2, -0.15) is 0 Å². The minimum Gasteiger partial charge on any atom is -0.493 e. The van der Waals surface area contributed by atoms with Crippen LogP contribution in [0.15, 0.2) is 42.5 Å². The fraction of sp³-hybridized carbons (Fsp3) is 0.350. The summed E-state index contributed by atoms with van der Waals surface area (Å²) in [5.74, 6) is 1.13. The van der Waals surface area contributed by atoms with Crippen LogP contribution in [-0.2, 0) is 12.8 Å². The number of rotatable bonds is 5. The van der Waals surface area contributed by atoms with Crippen LogP contribution in [0.5, 0.6) is 11.5 Å². The minimum atomic E-state index is -0.927. The topological polar surface area (TPSA) is 79.8 Å². The molecule has 0 fully saturated rings. The number of hydrogen-bond acceptors (Lipinski definition) is 4. The second-order valence-corrected chi connectivity index (χ2v) is 6.55. The summed E-state index contributed by atoms with van der Waals surface area (Å²) in [6, 6.07) is 12.9. The van der Waals surface area contributed by atoms with Crippen molar-refractivity contribution in [1.29, 1.82) is 0 Å². The minimum absolute atomic E-state index is 0.195. The van der Waals surface area contributed by atoms with Crippen molar-refractivity contribution >= 4 is 11.7 Å². The maximum absolute atomic E-state index is 12.2. The van der Waals surface area contributed by atoms with Gasteiger partial charge in [-0.25, -0.2) is 4.79 Å². The number of benzene rings is 2. The largest absolute Gasteiger partial charge is 0.493 e. The zero-order valence-electron chi connectivity index (χ0n) is 15.0. The number of ether oxygens (including phenoxy) is 2. The van der Waals surface area contributed by atoms with E-state index < -0.39 is 5.60 Å². The molecule has 1 atom stereocenters. The van der Waals surface area contributed by atoms with Crippen LogP contribution in [0.3, 0.4) is 0 Å². The predicted molar refractivity (Wildman–Crippen MR) is 100.0 cm³/mol. The first-order chi connectivity index (χ1) is 12.5. The van der Waals surface area contributed by atoms with Gasteiger partial charge in [-0.15, -0.1) is 0 Å². The molecule has 0 aromatic heterocycles. The Bertz CT molecular complexity index is 793. The molecule has 1 aliphatic carbocycles. The normalized spacial score (nSPS) is 18.6. The Morgan fingerprint density at radius 3 is 2.58 bits per heavy atom. The van der Waals surface area contributed by atoms with E-state index in [4.69, 9.17) is 9.47 Å². The molecular formula is C20H24N2O4. The number of carbonyl (C=O) groups is 1. The van der Waals surface area contributed by atoms with E-state index in [2.05, 4.69) is 16.7 Å². The standard InChI is InChI=1S/C20H24N2O4/c1-25-17-8-7-16(11-18(17)26-2)22-19(23)21-13-20(24)10-9-14-5-3-4-6-15(14)12-20/h3-8,11,24H,9-10,12-13H2,1-2H3,(H2,21,22,23). The Hall–Kier alpha value is -2.73. The molecule has 1 aliphatic rings. The van der Waals surface area contributed by atoms with Crippen LogP contribution in [0.4, 0.5) is 10.5 Å². The number of hydrogen-bond donors (Lipinski definition) is 3. The lowest BCUT2D eigenvalue weighted by Gasteiger charge is -2.33. The van der Waals surface area contributed by atoms with E-state index in [-0.39, 0.29) is 12.6 Å². The van der Waals surface area contributed by atoms with Gasteiger partial charge in [0.2, 0.25) is 0 Å². The van der Waals surface area contributed by atoms with Gasteiger partial charge in [0.1, 0.15) is 0 Å². The number of fused-ring (bicyclic) bond motifs is 1. The van der Waals surface area contributed by atoms with Gasteiger partial charge in [-0.1, -0.05) is 24.3 Å². The highest BCUT2D eigenvalue weighted by Crippen LogP contribution is 2.30. The first kappa shape index (κ1) is 18.1. The van der Waals surface area contributed by atoms with E-state index in [1.54, 1.807) is 25.3 Å². The Morgan fingerprint density at radius 2 is 1.85 bits per heavy atom. The first-order valence-electron chi connectivity index (χ1n) is 8.59. The third-order valence-electron chi connectivity index (χ3n) is 4.72. The number of methoxy groups -OCH3 is 2. The summed E-state index contributed by atoms with van der Waals surface area (Å²) in [6.07, 6.45) is 1.98. The molecule has 0 saturated heterocycles. The van der Waals surface area contributed by atoms with E-state index in [0.717, 1.165) is 12.0 Å². The Morgan fingerprint density at radius 1 is 1.12 bits per heavy atom. The number of aliphatic hydroxyl groups is 1. The molecule has 0 heterocycles. The van der Waals surface area contributed by atoms with Crippen molar-refractivity contribution in [1.82, 2.24) is 5.32 Å². The first-order valence-corrected chi connectivity index (χ1v) is 8.59. The molecule has 6 nitrogen and oxygen atoms in total. The third kappa shape index (κ3) is 4.08. The Kier molecular flexibility index (Phi) is 5.32. The van der Waals surface area contributed by atoms with Crippen molar-refractivity contribution in [3.8, 4) is 11.5 Å². The summed E-state index contributed by atoms with van der Waals surface area (Å²) in [7, 11) is 3.10. The molecule has 0 bridgehead atoms. The third-order valence-corrected chi connectivity index (χ3v) is 4.72. The van der Waals surface area contributed by atoms with E-state index in [1.807, 2.05) is 18.2 Å². The second kappa shape index (κ2) is 7.66. The molecule has 2 aromatic carbocycles. The molecule has 2 aromatic rings. The van der Waals surface area contributed by atoms with Gasteiger partial charge in [0.25, 0.3) is 0 Å². The van der Waals surface area contributed by atoms with Crippen LogP contribution in [-0.4, -0.2) is 37.5 Å². The van der Waals surface area contributed by atoms with Crippen molar-refractivity contribution in [2.24, 2.45) is 0 Å². The highest BCUT2D eigenvalue weighted by molar-refractivity contribution is 5.89. The van der Waals surface area contributed by atoms with E-state index in [0.29, 0.717) is 30.0 Å². The summed E-state index contributed by atoms with van der Waals surface area (Å²) in [4.78, 5) is 12.2. The fourth-order valence-electron chi connectivity index (χ4n) is 3.27. The maximum Gasteiger partial charge on any atom is 0.319 e. The predicted octanol–water partition coefficient (Wildman–Crippen LogP) is 2.75. The van der Waals surface area contributed by atoms with Crippen LogP contribution in [0.2, 0.25) is 0 Å². The van der Waals surface area contributed by atoms with Crippen LogP contribution >= 0.6 is 0 Å². The van der Waals surface area contributed by atoms with E-state index in [1.165, 1.54) is 12.7 Å². The zero-order chi connectivity index (χ0) is 18.6. The van der Waals surface area contributed by atoms with Crippen molar-refractivity contribution in [2.45, 2.75) is 24.9 Å². The monoisotopic (exact) mass is 356 g/mol. The molecule has 0 radical (unpaired) electrons. The molecule has 26 heavy (non-hydrogen) atoms. The number of anilines is 1. The molecule has 1 unspecified atom stereocenters. The summed E-state index contributed by atoms with van der Waals surface area (Å²) in [5, 5.41) is 16.3. The Balaban J connectivity index is 1.58. The number of nitrogens with one attached hydrogen (secondary N) is 2. The highest BCUT2D eigenvalue weighted by atomic mass is 16.5. The average Bonchev–Trinajstić information content (AvgIpc) is 2.66. The second-order valence-electron chi connectivity index (χ2n) is 6.55. The smallest absolute Gasteiger partial charge is 0.319 e. The van der Waals surface area contributed by atoms with Crippen molar-refractivity contribution in [2.75, 3.05) is 26.1 Å². The summed E-state index contributed by atoms with van der Waals surface area (Å²) < 4.78 is 10.4. The molecule has 2 amide bonds. The van der Waals surface area contributed by atoms with Crippen LogP contribution in [0.25, 0.3) is 0 Å². The SMILES string of the molecule is COc1ccc(NC(=O)NCC2(O)CCc3ccccc3C2)cc1OC. The lowest BCUT2D eigenvalue weighted by atomic mass is 9.80. The number of aryl methyl sites for hydroxylation is 1. The molecular weight excluding hydrogens is 332 g/mol. The van der Waals surface area contributed by atoms with Gasteiger partial charge in [0.05, 0.1) is 19.8 Å². The van der Waals surface area contributed by atoms with Crippen molar-refractivity contribution in [3.05, 3.63) is 53.6 Å². The van der Waals surface area contributed by atoms with Crippen LogP contribution in [0.1, 0.15) is 17.5 Å². The van der Waals surface area contributed by atoms with E-state index in [9.17, 15) is 9.90 Å². The molecule has 138 valence electrons. The van der Waals surface area contributed by atoms with Gasteiger partial charge in [-0.3, -0.25) is 0 Å². The molecule has 3 rings (SSSR count). The highest BCUT2D eigenvalue weighted by Gasteiger charge is 2.32. The quantitative estimate of drug-likeness (QED) is 0.770. The van der Waals surface area contributed by atoms with Crippen molar-refractivity contribution < 1.29 is 19.4 Å². The van der Waals surface area contributed by atoms with Crippen LogP contribution in [0, 0.1) is 0 Å². The maximum atomic E-state index is 12.2. The van der Waals surface area contributed by atoms with Gasteiger partial charge < -0.3 is 25.2 Å². The summed E-state index contributed by atoms with van der Waals surface area (Å²) in [5.41, 5.74) is 2.07. The molecule has 0 spiro atoms. The molecule has 0 saturated carbocycles. The average molecular weight is 356 g/mol. The van der Waals surface area contributed by atoms with Gasteiger partial charge >= 0.3 is 6.03 Å². The number of carbonyl (C=O) groups excluding carboxylic acids is 1. The molecule has 3 N–H and O–H groups in total. The van der Waals surface area contributed by atoms with Gasteiger partial charge in [0, 0.05) is 24.7 Å². The van der Waals surface area contributed by atoms with Gasteiger partial charge in [0.15, 0.2) is 11.5 Å². The summed E-state index contributed by atoms with van der Waals surface area (Å²) >= 11 is 0. The Labute approximate surface area is 153 Å². The fourth-order valence-corrected chi connectivity index (χ4v) is 3.27. The zero-order valence-corrected chi connectivity index (χ0v) is 15.0. The summed E-state index contributed by atoms with van der Waals surface area (Å²) in [6.45, 7) is 0.195. The molecule has 6 heteroatoms.